The van der Waals surface area contributed by atoms with Crippen LogP contribution in [0.15, 0.2) is 0 Å². The molecule has 1 rings (SSSR count). The Kier molecular flexibility index (Phi) is 0.927. The second-order valence-electron chi connectivity index (χ2n) is 1.32. The van der Waals surface area contributed by atoms with Gasteiger partial charge < -0.3 is 7.67 Å². The maximum absolute atomic E-state index is 4.90. The zero-order valence-electron chi connectivity index (χ0n) is 3.27. The quantitative estimate of drug-likeness (QED) is 0.358. The van der Waals surface area contributed by atoms with Gasteiger partial charge in [0.2, 0.25) is 0 Å². The Labute approximate surface area is 38.0 Å². The van der Waals surface area contributed by atoms with E-state index in [2.05, 4.69) is 10.9 Å². The fraction of sp³-hybridized carbons (Fsp3) is 1.00. The SMILES string of the molecule is C[N]1C[O][AlH]1. The molecule has 3 heteroatoms. The van der Waals surface area contributed by atoms with Gasteiger partial charge in [-0.1, -0.05) is 0 Å². The Morgan fingerprint density at radius 2 is 2.40 bits per heavy atom. The van der Waals surface area contributed by atoms with E-state index in [9.17, 15) is 0 Å². The average molecular weight is 87.1 g/mol. The molecule has 0 N–H and O–H groups in total. The molecule has 0 aromatic rings. The van der Waals surface area contributed by atoms with Crippen molar-refractivity contribution >= 4 is 15.8 Å². The first kappa shape index (κ1) is 3.64. The standard InChI is InChI=1S/C2H5NO.Al.H/c1-3-2-4;;/h2H2,1H3;;/q-2;+2;. The first-order valence-corrected chi connectivity index (χ1v) is 2.87. The minimum atomic E-state index is -0.137. The van der Waals surface area contributed by atoms with Gasteiger partial charge in [-0.2, -0.15) is 0 Å². The maximum atomic E-state index is 4.90. The Balaban J connectivity index is 2.08. The van der Waals surface area contributed by atoms with E-state index in [0.717, 1.165) is 6.73 Å². The van der Waals surface area contributed by atoms with Crippen LogP contribution in [0.2, 0.25) is 0 Å². The predicted molar refractivity (Wildman–Crippen MR) is 20.9 cm³/mol. The van der Waals surface area contributed by atoms with Crippen molar-refractivity contribution in [2.45, 2.75) is 0 Å². The summed E-state index contributed by atoms with van der Waals surface area (Å²) in [5, 5.41) is 0. The number of nitrogens with zero attached hydrogens (tertiary/aromatic N) is 1. The van der Waals surface area contributed by atoms with E-state index >= 15 is 0 Å². The van der Waals surface area contributed by atoms with Gasteiger partial charge in [0.05, 0.1) is 6.73 Å². The van der Waals surface area contributed by atoms with Crippen LogP contribution in [0.3, 0.4) is 0 Å². The van der Waals surface area contributed by atoms with Crippen LogP contribution in [0, 0.1) is 0 Å². The van der Waals surface area contributed by atoms with Gasteiger partial charge in [0.25, 0.3) is 0 Å². The monoisotopic (exact) mass is 87.0 g/mol. The van der Waals surface area contributed by atoms with Crippen LogP contribution in [0.5, 0.6) is 0 Å². The molecule has 0 aliphatic carbocycles. The van der Waals surface area contributed by atoms with Crippen molar-refractivity contribution in [1.29, 1.82) is 0 Å². The Bertz CT molecular complexity index is 36.6. The van der Waals surface area contributed by atoms with Gasteiger partial charge in [-0.05, 0) is 7.05 Å². The second-order valence-corrected chi connectivity index (χ2v) is 3.06. The minimum Gasteiger partial charge on any atom is -0.481 e. The van der Waals surface area contributed by atoms with E-state index in [1.807, 2.05) is 0 Å². The summed E-state index contributed by atoms with van der Waals surface area (Å²) in [6.45, 7) is 0.881. The van der Waals surface area contributed by atoms with Crippen LogP contribution in [0.4, 0.5) is 0 Å². The lowest BCUT2D eigenvalue weighted by atomic mass is 11.2. The van der Waals surface area contributed by atoms with E-state index in [-0.39, 0.29) is 15.8 Å². The molecule has 0 spiro atoms. The lowest BCUT2D eigenvalue weighted by Crippen LogP contribution is -2.39. The Hall–Kier alpha value is 0.452. The molecule has 0 unspecified atom stereocenters. The average Bonchev–Trinajstić information content (AvgIpc) is 1.30. The summed E-state index contributed by atoms with van der Waals surface area (Å²) in [6, 6.07) is 0. The van der Waals surface area contributed by atoms with Gasteiger partial charge in [0.15, 0.2) is 0 Å². The fourth-order valence-electron chi connectivity index (χ4n) is 0.274. The summed E-state index contributed by atoms with van der Waals surface area (Å²) < 4.78 is 7.12. The normalized spacial score (nSPS) is 24.2. The lowest BCUT2D eigenvalue weighted by molar-refractivity contribution is 0.126. The van der Waals surface area contributed by atoms with Crippen LogP contribution in [0.25, 0.3) is 0 Å². The molecule has 0 aromatic carbocycles. The van der Waals surface area contributed by atoms with Gasteiger partial charge in [-0.3, -0.25) is 0 Å². The summed E-state index contributed by atoms with van der Waals surface area (Å²) in [6.07, 6.45) is 0. The molecule has 0 bridgehead atoms. The molecule has 0 aromatic heterocycles. The molecule has 1 saturated heterocycles. The third-order valence-electron chi connectivity index (χ3n) is 0.623. The van der Waals surface area contributed by atoms with E-state index < -0.39 is 0 Å². The van der Waals surface area contributed by atoms with Crippen molar-refractivity contribution < 1.29 is 3.79 Å². The number of hydrogen-bond acceptors (Lipinski definition) is 2. The Morgan fingerprint density at radius 3 is 2.40 bits per heavy atom. The third kappa shape index (κ3) is 0.643. The molecule has 0 atom stereocenters. The van der Waals surface area contributed by atoms with Crippen LogP contribution >= 0.6 is 0 Å². The fourth-order valence-corrected chi connectivity index (χ4v) is 0.822. The molecule has 1 fully saturated rings. The number of rotatable bonds is 0. The van der Waals surface area contributed by atoms with E-state index in [1.165, 1.54) is 0 Å². The summed E-state index contributed by atoms with van der Waals surface area (Å²) in [5.41, 5.74) is 0. The van der Waals surface area contributed by atoms with Crippen LogP contribution in [-0.4, -0.2) is 33.4 Å². The topological polar surface area (TPSA) is 12.5 Å². The van der Waals surface area contributed by atoms with Crippen molar-refractivity contribution in [3.63, 3.8) is 0 Å². The highest BCUT2D eigenvalue weighted by Crippen LogP contribution is 1.89. The van der Waals surface area contributed by atoms with E-state index in [4.69, 9.17) is 3.79 Å². The lowest BCUT2D eigenvalue weighted by Gasteiger charge is -2.24. The van der Waals surface area contributed by atoms with Crippen LogP contribution in [-0.2, 0) is 3.79 Å². The molecule has 0 amide bonds. The second kappa shape index (κ2) is 1.27. The molecule has 1 heterocycles. The first-order chi connectivity index (χ1) is 2.39. The molecule has 1 aliphatic heterocycles. The van der Waals surface area contributed by atoms with Gasteiger partial charge in [0, 0.05) is 0 Å². The van der Waals surface area contributed by atoms with Crippen molar-refractivity contribution in [1.82, 2.24) is 3.88 Å². The van der Waals surface area contributed by atoms with Gasteiger partial charge in [-0.15, -0.1) is 0 Å². The van der Waals surface area contributed by atoms with E-state index in [0.29, 0.717) is 0 Å². The third-order valence-corrected chi connectivity index (χ3v) is 1.61. The molecule has 2 nitrogen and oxygen atoms in total. The highest BCUT2D eigenvalue weighted by molar-refractivity contribution is 6.25. The summed E-state index contributed by atoms with van der Waals surface area (Å²) in [4.78, 5) is 0. The van der Waals surface area contributed by atoms with Crippen molar-refractivity contribution in [3.05, 3.63) is 0 Å². The highest BCUT2D eigenvalue weighted by atomic mass is 27.2. The highest BCUT2D eigenvalue weighted by Gasteiger charge is 2.12. The minimum absolute atomic E-state index is 0.137. The molecule has 5 heavy (non-hydrogen) atoms. The Morgan fingerprint density at radius 1 is 2.00 bits per heavy atom. The zero-order chi connectivity index (χ0) is 3.70. The molecule has 28 valence electrons. The van der Waals surface area contributed by atoms with Crippen LogP contribution < -0.4 is 0 Å². The summed E-state index contributed by atoms with van der Waals surface area (Å²) in [5.74, 6) is 0. The van der Waals surface area contributed by atoms with Gasteiger partial charge >= 0.3 is 15.8 Å². The molecule has 0 radical (unpaired) electrons. The maximum Gasteiger partial charge on any atom is 0.557 e. The van der Waals surface area contributed by atoms with Crippen LogP contribution in [0.1, 0.15) is 0 Å². The molecule has 0 saturated carbocycles. The van der Waals surface area contributed by atoms with Crippen molar-refractivity contribution in [3.8, 4) is 0 Å². The predicted octanol–water partition coefficient (Wildman–Crippen LogP) is -0.828. The van der Waals surface area contributed by atoms with Crippen molar-refractivity contribution in [2.24, 2.45) is 0 Å². The molecular weight excluding hydrogens is 81.0 g/mol. The largest absolute Gasteiger partial charge is 0.557 e. The smallest absolute Gasteiger partial charge is 0.481 e. The number of hydrogen-bond donors (Lipinski definition) is 0. The van der Waals surface area contributed by atoms with Gasteiger partial charge in [0.1, 0.15) is 0 Å². The van der Waals surface area contributed by atoms with Gasteiger partial charge in [-0.25, -0.2) is 0 Å². The summed E-state index contributed by atoms with van der Waals surface area (Å²) >= 11 is -0.137. The summed E-state index contributed by atoms with van der Waals surface area (Å²) in [7, 11) is 2.08. The zero-order valence-corrected chi connectivity index (χ0v) is 4.68. The van der Waals surface area contributed by atoms with Crippen molar-refractivity contribution in [2.75, 3.05) is 13.8 Å². The van der Waals surface area contributed by atoms with E-state index in [1.54, 1.807) is 0 Å². The molecular formula is C2H6AlNO. The molecule has 1 aliphatic rings. The first-order valence-electron chi connectivity index (χ1n) is 1.66.